The highest BCUT2D eigenvalue weighted by Crippen LogP contribution is 2.41. The van der Waals surface area contributed by atoms with Crippen LogP contribution in [0.2, 0.25) is 0 Å². The molecule has 1 aromatic heterocycles. The molecule has 1 fully saturated rings. The van der Waals surface area contributed by atoms with Gasteiger partial charge in [0.2, 0.25) is 0 Å². The standard InChI is InChI=1S/C11H17N3/c1-8-6-12-7-10(13-8)14-9-4-5-11(9,2)3/h6-7,9H,4-5H2,1-3H3,(H,13,14). The Bertz CT molecular complexity index is 333. The SMILES string of the molecule is Cc1cncc(NC2CCC2(C)C)n1. The molecule has 0 radical (unpaired) electrons. The highest BCUT2D eigenvalue weighted by atomic mass is 15.1. The van der Waals surface area contributed by atoms with Crippen LogP contribution in [0.15, 0.2) is 12.4 Å². The lowest BCUT2D eigenvalue weighted by atomic mass is 9.67. The summed E-state index contributed by atoms with van der Waals surface area (Å²) in [7, 11) is 0. The van der Waals surface area contributed by atoms with Crippen molar-refractivity contribution in [2.24, 2.45) is 5.41 Å². The molecule has 14 heavy (non-hydrogen) atoms. The van der Waals surface area contributed by atoms with Gasteiger partial charge in [-0.3, -0.25) is 4.98 Å². The zero-order chi connectivity index (χ0) is 10.2. The molecule has 0 aliphatic heterocycles. The first-order valence-corrected chi connectivity index (χ1v) is 5.13. The average molecular weight is 191 g/mol. The van der Waals surface area contributed by atoms with E-state index in [1.807, 2.05) is 6.92 Å². The Hall–Kier alpha value is -1.12. The molecule has 1 aromatic rings. The maximum absolute atomic E-state index is 4.39. The number of nitrogens with zero attached hydrogens (tertiary/aromatic N) is 2. The monoisotopic (exact) mass is 191 g/mol. The van der Waals surface area contributed by atoms with E-state index < -0.39 is 0 Å². The van der Waals surface area contributed by atoms with Gasteiger partial charge in [-0.25, -0.2) is 4.98 Å². The zero-order valence-electron chi connectivity index (χ0n) is 9.04. The number of hydrogen-bond donors (Lipinski definition) is 1. The molecule has 0 spiro atoms. The molecule has 3 nitrogen and oxygen atoms in total. The molecule has 1 saturated carbocycles. The predicted molar refractivity (Wildman–Crippen MR) is 57.2 cm³/mol. The van der Waals surface area contributed by atoms with Crippen LogP contribution < -0.4 is 5.32 Å². The summed E-state index contributed by atoms with van der Waals surface area (Å²) in [6, 6.07) is 0.554. The van der Waals surface area contributed by atoms with Gasteiger partial charge in [0, 0.05) is 12.2 Å². The summed E-state index contributed by atoms with van der Waals surface area (Å²) in [4.78, 5) is 8.51. The Morgan fingerprint density at radius 2 is 2.21 bits per heavy atom. The predicted octanol–water partition coefficient (Wildman–Crippen LogP) is 2.39. The van der Waals surface area contributed by atoms with Crippen molar-refractivity contribution in [3.8, 4) is 0 Å². The van der Waals surface area contributed by atoms with E-state index >= 15 is 0 Å². The fraction of sp³-hybridized carbons (Fsp3) is 0.636. The third kappa shape index (κ3) is 1.72. The fourth-order valence-electron chi connectivity index (χ4n) is 1.85. The van der Waals surface area contributed by atoms with Gasteiger partial charge in [0.05, 0.1) is 11.9 Å². The maximum atomic E-state index is 4.39. The molecular formula is C11H17N3. The molecule has 0 amide bonds. The molecule has 0 saturated heterocycles. The largest absolute Gasteiger partial charge is 0.366 e. The molecule has 1 aliphatic carbocycles. The summed E-state index contributed by atoms with van der Waals surface area (Å²) in [5, 5.41) is 3.44. The van der Waals surface area contributed by atoms with Crippen molar-refractivity contribution in [1.29, 1.82) is 0 Å². The summed E-state index contributed by atoms with van der Waals surface area (Å²) >= 11 is 0. The van der Waals surface area contributed by atoms with Crippen molar-refractivity contribution in [3.05, 3.63) is 18.1 Å². The van der Waals surface area contributed by atoms with Crippen LogP contribution in [0.25, 0.3) is 0 Å². The third-order valence-corrected chi connectivity index (χ3v) is 3.10. The van der Waals surface area contributed by atoms with Crippen LogP contribution in [0.3, 0.4) is 0 Å². The number of aryl methyl sites for hydroxylation is 1. The van der Waals surface area contributed by atoms with Crippen molar-refractivity contribution in [2.45, 2.75) is 39.7 Å². The molecule has 2 rings (SSSR count). The molecule has 76 valence electrons. The lowest BCUT2D eigenvalue weighted by Crippen LogP contribution is -2.45. The van der Waals surface area contributed by atoms with Gasteiger partial charge in [-0.2, -0.15) is 0 Å². The molecule has 1 heterocycles. The molecule has 3 heteroatoms. The topological polar surface area (TPSA) is 37.8 Å². The quantitative estimate of drug-likeness (QED) is 0.780. The second-order valence-corrected chi connectivity index (χ2v) is 4.77. The Labute approximate surface area is 85.0 Å². The summed E-state index contributed by atoms with van der Waals surface area (Å²) in [5.74, 6) is 0.905. The minimum Gasteiger partial charge on any atom is -0.366 e. The van der Waals surface area contributed by atoms with Gasteiger partial charge in [-0.15, -0.1) is 0 Å². The van der Waals surface area contributed by atoms with Crippen molar-refractivity contribution in [2.75, 3.05) is 5.32 Å². The number of rotatable bonds is 2. The van der Waals surface area contributed by atoms with Crippen LogP contribution >= 0.6 is 0 Å². The zero-order valence-corrected chi connectivity index (χ0v) is 9.04. The van der Waals surface area contributed by atoms with E-state index in [-0.39, 0.29) is 0 Å². The molecule has 1 N–H and O–H groups in total. The van der Waals surface area contributed by atoms with Crippen LogP contribution in [-0.4, -0.2) is 16.0 Å². The second kappa shape index (κ2) is 3.23. The van der Waals surface area contributed by atoms with Gasteiger partial charge in [0.1, 0.15) is 5.82 Å². The van der Waals surface area contributed by atoms with Crippen molar-refractivity contribution in [1.82, 2.24) is 9.97 Å². The molecular weight excluding hydrogens is 174 g/mol. The van der Waals surface area contributed by atoms with Gasteiger partial charge < -0.3 is 5.32 Å². The number of hydrogen-bond acceptors (Lipinski definition) is 3. The Kier molecular flexibility index (Phi) is 2.17. The van der Waals surface area contributed by atoms with Crippen LogP contribution in [0.5, 0.6) is 0 Å². The summed E-state index contributed by atoms with van der Waals surface area (Å²) in [6.07, 6.45) is 6.10. The lowest BCUT2D eigenvalue weighted by Gasteiger charge is -2.45. The van der Waals surface area contributed by atoms with E-state index in [1.54, 1.807) is 12.4 Å². The Balaban J connectivity index is 2.05. The molecule has 1 atom stereocenters. The van der Waals surface area contributed by atoms with Crippen LogP contribution in [0.1, 0.15) is 32.4 Å². The van der Waals surface area contributed by atoms with Crippen molar-refractivity contribution in [3.63, 3.8) is 0 Å². The molecule has 1 aliphatic rings. The van der Waals surface area contributed by atoms with Crippen LogP contribution in [0, 0.1) is 12.3 Å². The first kappa shape index (κ1) is 9.44. The van der Waals surface area contributed by atoms with E-state index in [9.17, 15) is 0 Å². The number of aromatic nitrogens is 2. The van der Waals surface area contributed by atoms with Crippen molar-refractivity contribution < 1.29 is 0 Å². The minimum atomic E-state index is 0.408. The van der Waals surface area contributed by atoms with Crippen LogP contribution in [-0.2, 0) is 0 Å². The maximum Gasteiger partial charge on any atom is 0.145 e. The lowest BCUT2D eigenvalue weighted by molar-refractivity contribution is 0.159. The Morgan fingerprint density at radius 1 is 1.43 bits per heavy atom. The minimum absolute atomic E-state index is 0.408. The first-order chi connectivity index (χ1) is 6.58. The van der Waals surface area contributed by atoms with Gasteiger partial charge in [-0.1, -0.05) is 13.8 Å². The van der Waals surface area contributed by atoms with E-state index in [1.165, 1.54) is 12.8 Å². The number of anilines is 1. The number of nitrogens with one attached hydrogen (secondary N) is 1. The smallest absolute Gasteiger partial charge is 0.145 e. The fourth-order valence-corrected chi connectivity index (χ4v) is 1.85. The van der Waals surface area contributed by atoms with Crippen LogP contribution in [0.4, 0.5) is 5.82 Å². The van der Waals surface area contributed by atoms with E-state index in [4.69, 9.17) is 0 Å². The first-order valence-electron chi connectivity index (χ1n) is 5.13. The van der Waals surface area contributed by atoms with E-state index in [2.05, 4.69) is 29.1 Å². The average Bonchev–Trinajstić information content (AvgIpc) is 2.13. The third-order valence-electron chi connectivity index (χ3n) is 3.10. The molecule has 0 bridgehead atoms. The summed E-state index contributed by atoms with van der Waals surface area (Å²) in [6.45, 7) is 6.54. The summed E-state index contributed by atoms with van der Waals surface area (Å²) in [5.41, 5.74) is 1.37. The highest BCUT2D eigenvalue weighted by molar-refractivity contribution is 5.34. The van der Waals surface area contributed by atoms with Gasteiger partial charge in [0.15, 0.2) is 0 Å². The van der Waals surface area contributed by atoms with Gasteiger partial charge >= 0.3 is 0 Å². The summed E-state index contributed by atoms with van der Waals surface area (Å²) < 4.78 is 0. The van der Waals surface area contributed by atoms with Gasteiger partial charge in [-0.05, 0) is 25.2 Å². The van der Waals surface area contributed by atoms with E-state index in [0.717, 1.165) is 11.5 Å². The van der Waals surface area contributed by atoms with Crippen molar-refractivity contribution >= 4 is 5.82 Å². The highest BCUT2D eigenvalue weighted by Gasteiger charge is 2.38. The Morgan fingerprint density at radius 3 is 2.71 bits per heavy atom. The molecule has 0 aromatic carbocycles. The van der Waals surface area contributed by atoms with Gasteiger partial charge in [0.25, 0.3) is 0 Å². The van der Waals surface area contributed by atoms with E-state index in [0.29, 0.717) is 11.5 Å². The molecule has 1 unspecified atom stereocenters. The second-order valence-electron chi connectivity index (χ2n) is 4.77. The normalized spacial score (nSPS) is 24.1.